The number of methoxy groups -OCH3 is 1. The molecule has 0 saturated heterocycles. The number of hydrogen-bond donors (Lipinski definition) is 0. The van der Waals surface area contributed by atoms with E-state index in [9.17, 15) is 0 Å². The molecule has 27 heavy (non-hydrogen) atoms. The van der Waals surface area contributed by atoms with Gasteiger partial charge < -0.3 is 14.2 Å². The van der Waals surface area contributed by atoms with Gasteiger partial charge in [-0.05, 0) is 25.7 Å². The molecule has 1 aliphatic rings. The molecule has 1 saturated carbocycles. The predicted molar refractivity (Wildman–Crippen MR) is 101 cm³/mol. The lowest BCUT2D eigenvalue weighted by atomic mass is 10.3. The molecular weight excluding hydrogens is 366 g/mol. The Bertz CT molecular complexity index is 899. The van der Waals surface area contributed by atoms with Crippen molar-refractivity contribution in [2.45, 2.75) is 39.3 Å². The summed E-state index contributed by atoms with van der Waals surface area (Å²) in [7, 11) is 3.62. The summed E-state index contributed by atoms with van der Waals surface area (Å²) in [6.07, 6.45) is 3.15. The molecule has 0 unspecified atom stereocenters. The van der Waals surface area contributed by atoms with Crippen molar-refractivity contribution >= 4 is 17.3 Å². The molecule has 0 aromatic carbocycles. The first-order chi connectivity index (χ1) is 13.2. The van der Waals surface area contributed by atoms with Gasteiger partial charge in [-0.2, -0.15) is 4.98 Å². The lowest BCUT2D eigenvalue weighted by Crippen LogP contribution is -2.22. The fourth-order valence-electron chi connectivity index (χ4n) is 2.91. The zero-order valence-corrected chi connectivity index (χ0v) is 16.6. The van der Waals surface area contributed by atoms with E-state index in [-0.39, 0.29) is 0 Å². The number of anilines is 1. The van der Waals surface area contributed by atoms with E-state index in [1.807, 2.05) is 24.4 Å². The van der Waals surface area contributed by atoms with Gasteiger partial charge in [0, 0.05) is 27.1 Å². The molecule has 0 spiro atoms. The van der Waals surface area contributed by atoms with Crippen molar-refractivity contribution in [3.63, 3.8) is 0 Å². The lowest BCUT2D eigenvalue weighted by molar-refractivity contribution is 0.199. The van der Waals surface area contributed by atoms with E-state index in [0.717, 1.165) is 28.9 Å². The standard InChI is InChI=1S/C17H23N7O2S/c1-11-15(27-10-18-11)16-20-21-17(24(16)8-12-4-5-12)23(2)9-14-19-13(22-26-14)6-7-25-3/h10,12H,4-9H2,1-3H3. The Labute approximate surface area is 161 Å². The SMILES string of the molecule is COCCc1noc(CN(C)c2nnc(-c3scnc3C)n2CC2CC2)n1. The van der Waals surface area contributed by atoms with Crippen molar-refractivity contribution in [2.75, 3.05) is 25.7 Å². The number of thiazole rings is 1. The first-order valence-electron chi connectivity index (χ1n) is 9.01. The molecule has 144 valence electrons. The quantitative estimate of drug-likeness (QED) is 0.550. The molecule has 0 N–H and O–H groups in total. The van der Waals surface area contributed by atoms with Crippen molar-refractivity contribution in [3.8, 4) is 10.7 Å². The van der Waals surface area contributed by atoms with E-state index >= 15 is 0 Å². The van der Waals surface area contributed by atoms with Crippen LogP contribution in [0.5, 0.6) is 0 Å². The highest BCUT2D eigenvalue weighted by atomic mass is 32.1. The summed E-state index contributed by atoms with van der Waals surface area (Å²) < 4.78 is 12.6. The van der Waals surface area contributed by atoms with Gasteiger partial charge >= 0.3 is 0 Å². The van der Waals surface area contributed by atoms with Crippen LogP contribution >= 0.6 is 11.3 Å². The van der Waals surface area contributed by atoms with E-state index in [1.165, 1.54) is 12.8 Å². The van der Waals surface area contributed by atoms with Crippen LogP contribution < -0.4 is 4.90 Å². The fourth-order valence-corrected chi connectivity index (χ4v) is 3.71. The molecule has 4 rings (SSSR count). The molecule has 10 heteroatoms. The minimum absolute atomic E-state index is 0.477. The molecule has 1 aliphatic carbocycles. The van der Waals surface area contributed by atoms with Gasteiger partial charge in [0.2, 0.25) is 11.8 Å². The number of ether oxygens (including phenoxy) is 1. The van der Waals surface area contributed by atoms with Crippen molar-refractivity contribution in [2.24, 2.45) is 5.92 Å². The molecule has 3 aromatic rings. The zero-order chi connectivity index (χ0) is 18.8. The maximum absolute atomic E-state index is 5.36. The number of nitrogens with zero attached hydrogens (tertiary/aromatic N) is 7. The third kappa shape index (κ3) is 4.01. The Kier molecular flexibility index (Phi) is 5.17. The minimum atomic E-state index is 0.477. The highest BCUT2D eigenvalue weighted by Gasteiger charge is 2.28. The topological polar surface area (TPSA) is 95.0 Å². The molecule has 0 amide bonds. The molecule has 1 fully saturated rings. The summed E-state index contributed by atoms with van der Waals surface area (Å²) in [5.74, 6) is 3.60. The fraction of sp³-hybridized carbons (Fsp3) is 0.588. The van der Waals surface area contributed by atoms with Gasteiger partial charge in [-0.25, -0.2) is 4.98 Å². The molecule has 0 radical (unpaired) electrons. The number of aromatic nitrogens is 6. The van der Waals surface area contributed by atoms with E-state index in [2.05, 4.69) is 29.9 Å². The van der Waals surface area contributed by atoms with Crippen LogP contribution in [0.15, 0.2) is 10.0 Å². The monoisotopic (exact) mass is 389 g/mol. The van der Waals surface area contributed by atoms with E-state index in [4.69, 9.17) is 9.26 Å². The van der Waals surface area contributed by atoms with Gasteiger partial charge in [-0.1, -0.05) is 5.16 Å². The van der Waals surface area contributed by atoms with Gasteiger partial charge in [0.05, 0.1) is 29.2 Å². The van der Waals surface area contributed by atoms with Crippen molar-refractivity contribution in [1.82, 2.24) is 29.9 Å². The first kappa shape index (κ1) is 18.1. The first-order valence-corrected chi connectivity index (χ1v) is 9.89. The summed E-state index contributed by atoms with van der Waals surface area (Å²) in [6.45, 7) is 3.97. The number of aryl methyl sites for hydroxylation is 1. The third-order valence-electron chi connectivity index (χ3n) is 4.57. The van der Waals surface area contributed by atoms with Gasteiger partial charge in [0.15, 0.2) is 11.6 Å². The van der Waals surface area contributed by atoms with Crippen LogP contribution in [0.1, 0.15) is 30.3 Å². The molecule has 3 aromatic heterocycles. The van der Waals surface area contributed by atoms with Crippen LogP contribution in [0.25, 0.3) is 10.7 Å². The highest BCUT2D eigenvalue weighted by molar-refractivity contribution is 7.13. The van der Waals surface area contributed by atoms with Gasteiger partial charge in [0.25, 0.3) is 0 Å². The normalized spacial score (nSPS) is 14.0. The molecule has 0 atom stereocenters. The van der Waals surface area contributed by atoms with Crippen LogP contribution in [0, 0.1) is 12.8 Å². The number of hydrogen-bond acceptors (Lipinski definition) is 9. The second-order valence-corrected chi connectivity index (χ2v) is 7.70. The number of rotatable bonds is 9. The van der Waals surface area contributed by atoms with Gasteiger partial charge in [-0.3, -0.25) is 4.57 Å². The molecule has 0 bridgehead atoms. The van der Waals surface area contributed by atoms with Crippen LogP contribution in [0.3, 0.4) is 0 Å². The average Bonchev–Trinajstić information content (AvgIpc) is 3.02. The Morgan fingerprint density at radius 2 is 2.22 bits per heavy atom. The molecule has 3 heterocycles. The van der Waals surface area contributed by atoms with Crippen molar-refractivity contribution < 1.29 is 9.26 Å². The van der Waals surface area contributed by atoms with Crippen molar-refractivity contribution in [3.05, 3.63) is 22.9 Å². The largest absolute Gasteiger partial charge is 0.384 e. The summed E-state index contributed by atoms with van der Waals surface area (Å²) in [4.78, 5) is 11.9. The molecule has 9 nitrogen and oxygen atoms in total. The lowest BCUT2D eigenvalue weighted by Gasteiger charge is -2.17. The average molecular weight is 389 g/mol. The predicted octanol–water partition coefficient (Wildman–Crippen LogP) is 2.33. The summed E-state index contributed by atoms with van der Waals surface area (Å²) in [6, 6.07) is 0. The summed E-state index contributed by atoms with van der Waals surface area (Å²) >= 11 is 1.60. The summed E-state index contributed by atoms with van der Waals surface area (Å²) in [5, 5.41) is 12.9. The highest BCUT2D eigenvalue weighted by Crippen LogP contribution is 2.35. The van der Waals surface area contributed by atoms with Crippen molar-refractivity contribution in [1.29, 1.82) is 0 Å². The maximum atomic E-state index is 5.36. The van der Waals surface area contributed by atoms with E-state index in [0.29, 0.717) is 37.2 Å². The second kappa shape index (κ2) is 7.73. The van der Waals surface area contributed by atoms with Crippen LogP contribution in [0.2, 0.25) is 0 Å². The minimum Gasteiger partial charge on any atom is -0.384 e. The van der Waals surface area contributed by atoms with E-state index in [1.54, 1.807) is 18.4 Å². The van der Waals surface area contributed by atoms with Crippen LogP contribution in [0.4, 0.5) is 5.95 Å². The molecule has 0 aliphatic heterocycles. The van der Waals surface area contributed by atoms with E-state index < -0.39 is 0 Å². The van der Waals surface area contributed by atoms with Gasteiger partial charge in [0.1, 0.15) is 0 Å². The Morgan fingerprint density at radius 3 is 2.93 bits per heavy atom. The molecular formula is C17H23N7O2S. The van der Waals surface area contributed by atoms with Crippen LogP contribution in [-0.2, 0) is 24.2 Å². The second-order valence-electron chi connectivity index (χ2n) is 6.85. The Balaban J connectivity index is 1.56. The Hall–Kier alpha value is -2.33. The smallest absolute Gasteiger partial charge is 0.246 e. The Morgan fingerprint density at radius 1 is 1.37 bits per heavy atom. The van der Waals surface area contributed by atoms with Gasteiger partial charge in [-0.15, -0.1) is 21.5 Å². The zero-order valence-electron chi connectivity index (χ0n) is 15.8. The maximum Gasteiger partial charge on any atom is 0.246 e. The van der Waals surface area contributed by atoms with Crippen LogP contribution in [-0.4, -0.2) is 50.7 Å². The summed E-state index contributed by atoms with van der Waals surface area (Å²) in [5.41, 5.74) is 2.84. The third-order valence-corrected chi connectivity index (χ3v) is 5.50.